The fraction of sp³-hybridized carbons (Fsp3) is 0.388. The summed E-state index contributed by atoms with van der Waals surface area (Å²) in [7, 11) is 1.72. The van der Waals surface area contributed by atoms with Crippen LogP contribution in [0, 0.1) is 31.4 Å². The number of hydrogen-bond donors (Lipinski definition) is 1. The number of fused-ring (bicyclic) bond motifs is 4. The van der Waals surface area contributed by atoms with Crippen LogP contribution in [0.3, 0.4) is 0 Å². The number of aromatic nitrogens is 9. The molecular formula is C49H48F2N10O5. The van der Waals surface area contributed by atoms with E-state index in [0.29, 0.717) is 89.8 Å². The zero-order valence-electron chi connectivity index (χ0n) is 37.5. The van der Waals surface area contributed by atoms with Crippen molar-refractivity contribution in [3.63, 3.8) is 0 Å². The first-order valence-corrected chi connectivity index (χ1v) is 22.6. The van der Waals surface area contributed by atoms with E-state index in [1.165, 1.54) is 27.1 Å². The molecule has 3 aromatic carbocycles. The highest BCUT2D eigenvalue weighted by molar-refractivity contribution is 6.00. The van der Waals surface area contributed by atoms with E-state index in [2.05, 4.69) is 58.8 Å². The van der Waals surface area contributed by atoms with Crippen LogP contribution >= 0.6 is 0 Å². The first-order chi connectivity index (χ1) is 31.6. The summed E-state index contributed by atoms with van der Waals surface area (Å²) in [5.41, 5.74) is 3.35. The minimum absolute atomic E-state index is 0.00582. The lowest BCUT2D eigenvalue weighted by Gasteiger charge is -2.37. The number of aromatic amines is 1. The number of nitrogens with zero attached hydrogens (tertiary/aromatic N) is 9. The maximum atomic E-state index is 16.2. The van der Waals surface area contributed by atoms with Crippen molar-refractivity contribution in [1.82, 2.24) is 48.3 Å². The van der Waals surface area contributed by atoms with Crippen LogP contribution in [0.4, 0.5) is 8.78 Å². The van der Waals surface area contributed by atoms with Crippen molar-refractivity contribution in [1.29, 1.82) is 0 Å². The minimum atomic E-state index is -0.867. The zero-order valence-corrected chi connectivity index (χ0v) is 37.5. The van der Waals surface area contributed by atoms with Crippen LogP contribution in [0.5, 0.6) is 0 Å². The lowest BCUT2D eigenvalue weighted by atomic mass is 9.83. The van der Waals surface area contributed by atoms with Crippen LogP contribution in [0.2, 0.25) is 0 Å². The number of carbonyl (C=O) groups excluding carboxylic acids is 1. The predicted molar refractivity (Wildman–Crippen MR) is 240 cm³/mol. The largest absolute Gasteiger partial charge is 0.438 e. The van der Waals surface area contributed by atoms with Crippen LogP contribution in [-0.2, 0) is 29.3 Å². The summed E-state index contributed by atoms with van der Waals surface area (Å²) in [4.78, 5) is 47.8. The second kappa shape index (κ2) is 13.8. The highest BCUT2D eigenvalue weighted by Crippen LogP contribution is 2.59. The Hall–Kier alpha value is -6.88. The molecule has 4 aliphatic rings. The molecular weight excluding hydrogens is 847 g/mol. The molecule has 2 aliphatic heterocycles. The molecule has 2 aliphatic carbocycles. The second-order valence-electron chi connectivity index (χ2n) is 19.6. The quantitative estimate of drug-likeness (QED) is 0.174. The Morgan fingerprint density at radius 2 is 1.68 bits per heavy atom. The van der Waals surface area contributed by atoms with Crippen molar-refractivity contribution in [3.8, 4) is 17.2 Å². The van der Waals surface area contributed by atoms with E-state index in [9.17, 15) is 9.59 Å². The standard InChI is InChI=1S/C49H48F2N10O5/c1-26-19-32(20-27(2)40(26)50)61-42(58-17-16-57(46(58)64)37-10-9-36-33(41(37)51)25-52-56(36)6)39-34(54-61)11-15-59(48(39)13-14-48)43(62)38-22-31-21-29(30-12-18-65-47(4,5)24-30)7-8-35(31)60(38)49(23-28(49)3)44-53-45(63)66-55-44/h7-10,16-17,19-22,25,28,30H,11-15,18,23-24H2,1-6H3,(H,53,55,63)/t28-,30-,49-/m0/s1. The molecule has 0 bridgehead atoms. The van der Waals surface area contributed by atoms with Crippen LogP contribution in [0.1, 0.15) is 103 Å². The number of amides is 1. The monoisotopic (exact) mass is 894 g/mol. The van der Waals surface area contributed by atoms with Gasteiger partial charge in [-0.1, -0.05) is 18.1 Å². The number of aryl methyl sites for hydroxylation is 3. The van der Waals surface area contributed by atoms with Crippen molar-refractivity contribution in [2.75, 3.05) is 13.2 Å². The summed E-state index contributed by atoms with van der Waals surface area (Å²) in [6.07, 6.45) is 8.47. The van der Waals surface area contributed by atoms with Gasteiger partial charge in [0.2, 0.25) is 0 Å². The summed E-state index contributed by atoms with van der Waals surface area (Å²) in [5.74, 6) is -0.773. The molecule has 7 heterocycles. The van der Waals surface area contributed by atoms with E-state index >= 15 is 13.6 Å². The van der Waals surface area contributed by atoms with Crippen LogP contribution in [0.25, 0.3) is 39.0 Å². The van der Waals surface area contributed by atoms with Crippen LogP contribution in [-0.4, -0.2) is 73.0 Å². The molecule has 1 spiro atoms. The van der Waals surface area contributed by atoms with Crippen molar-refractivity contribution < 1.29 is 22.8 Å². The Bertz CT molecular complexity index is 3460. The van der Waals surface area contributed by atoms with Gasteiger partial charge in [-0.2, -0.15) is 10.2 Å². The number of ether oxygens (including phenoxy) is 1. The number of carbonyl (C=O) groups is 1. The van der Waals surface area contributed by atoms with Gasteiger partial charge in [0.05, 0.1) is 45.3 Å². The van der Waals surface area contributed by atoms with Gasteiger partial charge in [-0.15, -0.1) is 0 Å². The molecule has 1 amide bonds. The van der Waals surface area contributed by atoms with E-state index in [1.54, 1.807) is 60.7 Å². The molecule has 1 N–H and O–H groups in total. The molecule has 3 fully saturated rings. The number of H-pyrrole nitrogens is 1. The van der Waals surface area contributed by atoms with Crippen LogP contribution < -0.4 is 11.4 Å². The van der Waals surface area contributed by atoms with Gasteiger partial charge in [0, 0.05) is 55.5 Å². The van der Waals surface area contributed by atoms with E-state index in [4.69, 9.17) is 14.4 Å². The van der Waals surface area contributed by atoms with E-state index in [1.807, 2.05) is 11.0 Å². The maximum absolute atomic E-state index is 16.2. The van der Waals surface area contributed by atoms with Gasteiger partial charge < -0.3 is 14.2 Å². The average molecular weight is 895 g/mol. The number of hydrogen-bond acceptors (Lipinski definition) is 8. The van der Waals surface area contributed by atoms with Crippen molar-refractivity contribution >= 4 is 27.7 Å². The Kier molecular flexibility index (Phi) is 8.51. The molecule has 66 heavy (non-hydrogen) atoms. The fourth-order valence-electron chi connectivity index (χ4n) is 11.4. The van der Waals surface area contributed by atoms with Gasteiger partial charge in [-0.05, 0) is 131 Å². The summed E-state index contributed by atoms with van der Waals surface area (Å²) < 4.78 is 50.5. The molecule has 5 aromatic heterocycles. The lowest BCUT2D eigenvalue weighted by Crippen LogP contribution is -2.47. The minimum Gasteiger partial charge on any atom is -0.376 e. The van der Waals surface area contributed by atoms with E-state index in [0.717, 1.165) is 23.7 Å². The molecule has 338 valence electrons. The summed E-state index contributed by atoms with van der Waals surface area (Å²) in [6, 6.07) is 15.1. The number of benzene rings is 3. The Morgan fingerprint density at radius 1 is 0.939 bits per heavy atom. The SMILES string of the molecule is Cc1cc(-n2nc3c(c2-n2ccn(-c4ccc5c(cnn5C)c4F)c2=O)C2(CC2)N(C(=O)c2cc4cc([C@H]5CCOC(C)(C)C5)ccc4n2[C@@]2(c4noc(=O)[nH]4)C[C@@H]2C)CC3)cc(C)c1F. The lowest BCUT2D eigenvalue weighted by molar-refractivity contribution is -0.0592. The van der Waals surface area contributed by atoms with Gasteiger partial charge in [0.15, 0.2) is 17.5 Å². The fourth-order valence-corrected chi connectivity index (χ4v) is 11.4. The summed E-state index contributed by atoms with van der Waals surface area (Å²) >= 11 is 0. The smallest absolute Gasteiger partial charge is 0.376 e. The Balaban J connectivity index is 1.02. The van der Waals surface area contributed by atoms with Crippen LogP contribution in [0.15, 0.2) is 81.2 Å². The predicted octanol–water partition coefficient (Wildman–Crippen LogP) is 7.37. The van der Waals surface area contributed by atoms with Gasteiger partial charge in [-0.3, -0.25) is 28.1 Å². The molecule has 1 saturated heterocycles. The van der Waals surface area contributed by atoms with Crippen molar-refractivity contribution in [2.24, 2.45) is 13.0 Å². The molecule has 3 atom stereocenters. The van der Waals surface area contributed by atoms with Gasteiger partial charge in [0.25, 0.3) is 5.91 Å². The van der Waals surface area contributed by atoms with Crippen molar-refractivity contribution in [2.45, 2.75) is 95.7 Å². The number of nitrogens with one attached hydrogen (secondary N) is 1. The summed E-state index contributed by atoms with van der Waals surface area (Å²) in [5, 5.41) is 14.7. The molecule has 8 aromatic rings. The first kappa shape index (κ1) is 40.6. The van der Waals surface area contributed by atoms with Gasteiger partial charge in [0.1, 0.15) is 17.1 Å². The Labute approximate surface area is 376 Å². The highest BCUT2D eigenvalue weighted by atomic mass is 19.1. The third kappa shape index (κ3) is 5.73. The summed E-state index contributed by atoms with van der Waals surface area (Å²) in [6.45, 7) is 10.7. The number of halogens is 2. The second-order valence-corrected chi connectivity index (χ2v) is 19.6. The molecule has 0 radical (unpaired) electrons. The van der Waals surface area contributed by atoms with Gasteiger partial charge >= 0.3 is 11.4 Å². The third-order valence-electron chi connectivity index (χ3n) is 15.0. The number of rotatable bonds is 7. The average Bonchev–Trinajstić information content (AvgIpc) is 3.72. The maximum Gasteiger partial charge on any atom is 0.438 e. The molecule has 12 rings (SSSR count). The van der Waals surface area contributed by atoms with E-state index in [-0.39, 0.29) is 40.2 Å². The van der Waals surface area contributed by atoms with Gasteiger partial charge in [-0.25, -0.2) is 23.1 Å². The Morgan fingerprint density at radius 3 is 2.38 bits per heavy atom. The normalized spacial score (nSPS) is 21.8. The third-order valence-corrected chi connectivity index (χ3v) is 15.0. The molecule has 17 heteroatoms. The molecule has 0 unspecified atom stereocenters. The van der Waals surface area contributed by atoms with Crippen molar-refractivity contribution in [3.05, 3.63) is 139 Å². The first-order valence-electron chi connectivity index (χ1n) is 22.6. The molecule has 15 nitrogen and oxygen atoms in total. The molecule has 2 saturated carbocycles. The van der Waals surface area contributed by atoms with E-state index < -0.39 is 28.3 Å². The highest BCUT2D eigenvalue weighted by Gasteiger charge is 2.61. The topological polar surface area (TPSA) is 156 Å². The zero-order chi connectivity index (χ0) is 45.8. The number of imidazole rings is 1.